The van der Waals surface area contributed by atoms with E-state index in [4.69, 9.17) is 9.47 Å². The van der Waals surface area contributed by atoms with Gasteiger partial charge in [0, 0.05) is 11.2 Å². The Bertz CT molecular complexity index is 303. The van der Waals surface area contributed by atoms with Gasteiger partial charge in [0.2, 0.25) is 0 Å². The minimum Gasteiger partial charge on any atom is -0.464 e. The Balaban J connectivity index is 2.55. The molecule has 1 heterocycles. The number of nitrogens with one attached hydrogen (secondary N) is 1. The number of rotatable bonds is 4. The van der Waals surface area contributed by atoms with Crippen LogP contribution in [-0.4, -0.2) is 36.9 Å². The normalized spacial score (nSPS) is 19.4. The summed E-state index contributed by atoms with van der Waals surface area (Å²) < 4.78 is 9.71. The molecule has 5 nitrogen and oxygen atoms in total. The van der Waals surface area contributed by atoms with Gasteiger partial charge < -0.3 is 14.8 Å². The van der Waals surface area contributed by atoms with E-state index >= 15 is 0 Å². The van der Waals surface area contributed by atoms with Crippen LogP contribution in [0.25, 0.3) is 0 Å². The van der Waals surface area contributed by atoms with Gasteiger partial charge in [0.25, 0.3) is 0 Å². The highest BCUT2D eigenvalue weighted by Crippen LogP contribution is 2.16. The molecule has 1 unspecified atom stereocenters. The number of hydrogen-bond acceptors (Lipinski definition) is 6. The van der Waals surface area contributed by atoms with E-state index < -0.39 is 12.0 Å². The van der Waals surface area contributed by atoms with Crippen molar-refractivity contribution in [2.45, 2.75) is 19.9 Å². The van der Waals surface area contributed by atoms with Crippen molar-refractivity contribution in [3.63, 3.8) is 0 Å². The first-order valence-electron chi connectivity index (χ1n) is 5.11. The molecule has 6 heteroatoms. The second-order valence-corrected chi connectivity index (χ2v) is 3.94. The topological polar surface area (TPSA) is 64.6 Å². The molecule has 0 aromatic heterocycles. The average Bonchev–Trinajstić information content (AvgIpc) is 2.30. The Kier molecular flexibility index (Phi) is 5.18. The van der Waals surface area contributed by atoms with Crippen molar-refractivity contribution in [3.8, 4) is 0 Å². The molecule has 0 aromatic rings. The van der Waals surface area contributed by atoms with Crippen LogP contribution in [0.4, 0.5) is 0 Å². The van der Waals surface area contributed by atoms with E-state index in [0.717, 1.165) is 0 Å². The summed E-state index contributed by atoms with van der Waals surface area (Å²) in [5, 5.41) is 4.47. The van der Waals surface area contributed by atoms with Crippen molar-refractivity contribution < 1.29 is 19.1 Å². The lowest BCUT2D eigenvalue weighted by Gasteiger charge is -2.22. The fourth-order valence-corrected chi connectivity index (χ4v) is 2.02. The lowest BCUT2D eigenvalue weighted by Crippen LogP contribution is -2.43. The van der Waals surface area contributed by atoms with Gasteiger partial charge in [0.05, 0.1) is 13.2 Å². The zero-order valence-electron chi connectivity index (χ0n) is 9.32. The Morgan fingerprint density at radius 2 is 2.12 bits per heavy atom. The minimum atomic E-state index is -0.477. The van der Waals surface area contributed by atoms with Crippen LogP contribution in [0.15, 0.2) is 11.1 Å². The summed E-state index contributed by atoms with van der Waals surface area (Å²) in [4.78, 5) is 22.9. The van der Waals surface area contributed by atoms with Crippen molar-refractivity contribution in [1.29, 1.82) is 0 Å². The summed E-state index contributed by atoms with van der Waals surface area (Å²) in [5.74, 6) is -0.226. The lowest BCUT2D eigenvalue weighted by atomic mass is 10.3. The first-order chi connectivity index (χ1) is 7.69. The van der Waals surface area contributed by atoms with Crippen LogP contribution >= 0.6 is 11.8 Å². The maximum atomic E-state index is 11.4. The van der Waals surface area contributed by atoms with Gasteiger partial charge in [-0.3, -0.25) is 0 Å². The summed E-state index contributed by atoms with van der Waals surface area (Å²) in [6, 6.07) is -0.477. The number of hydrogen-bond donors (Lipinski definition) is 1. The van der Waals surface area contributed by atoms with E-state index in [-0.39, 0.29) is 5.97 Å². The van der Waals surface area contributed by atoms with E-state index in [1.165, 1.54) is 11.8 Å². The number of carbonyl (C=O) groups excluding carboxylic acids is 2. The van der Waals surface area contributed by atoms with Crippen molar-refractivity contribution in [2.75, 3.05) is 19.0 Å². The van der Waals surface area contributed by atoms with Gasteiger partial charge in [-0.15, -0.1) is 11.8 Å². The Hall–Kier alpha value is -1.17. The fourth-order valence-electron chi connectivity index (χ4n) is 1.18. The summed E-state index contributed by atoms with van der Waals surface area (Å²) in [6.45, 7) is 4.12. The number of esters is 2. The van der Waals surface area contributed by atoms with E-state index in [9.17, 15) is 9.59 Å². The SMILES string of the molecule is CCOC(=O)C1=CSCC(C(=O)OCC)N1. The summed E-state index contributed by atoms with van der Waals surface area (Å²) in [6.07, 6.45) is 0. The van der Waals surface area contributed by atoms with Gasteiger partial charge in [0.15, 0.2) is 0 Å². The molecule has 0 aliphatic carbocycles. The highest BCUT2D eigenvalue weighted by molar-refractivity contribution is 8.02. The standard InChI is InChI=1S/C10H15NO4S/c1-3-14-9(12)7-5-16-6-8(11-7)10(13)15-4-2/h5,8,11H,3-4,6H2,1-2H3. The van der Waals surface area contributed by atoms with Gasteiger partial charge in [0.1, 0.15) is 11.7 Å². The quantitative estimate of drug-likeness (QED) is 0.734. The van der Waals surface area contributed by atoms with Gasteiger partial charge in [-0.25, -0.2) is 9.59 Å². The van der Waals surface area contributed by atoms with Crippen LogP contribution in [-0.2, 0) is 19.1 Å². The van der Waals surface area contributed by atoms with Gasteiger partial charge in [-0.05, 0) is 13.8 Å². The molecule has 1 N–H and O–H groups in total. The van der Waals surface area contributed by atoms with Crippen molar-refractivity contribution in [1.82, 2.24) is 5.32 Å². The third-order valence-corrected chi connectivity index (χ3v) is 2.79. The van der Waals surface area contributed by atoms with E-state index in [1.54, 1.807) is 19.3 Å². The largest absolute Gasteiger partial charge is 0.464 e. The molecule has 0 amide bonds. The van der Waals surface area contributed by atoms with E-state index in [2.05, 4.69) is 5.32 Å². The highest BCUT2D eigenvalue weighted by Gasteiger charge is 2.26. The molecule has 0 radical (unpaired) electrons. The first-order valence-corrected chi connectivity index (χ1v) is 6.16. The third-order valence-electron chi connectivity index (χ3n) is 1.86. The monoisotopic (exact) mass is 245 g/mol. The lowest BCUT2D eigenvalue weighted by molar-refractivity contribution is -0.145. The summed E-state index contributed by atoms with van der Waals surface area (Å²) in [5.41, 5.74) is 0.316. The molecule has 1 aliphatic rings. The molecule has 0 saturated heterocycles. The predicted molar refractivity (Wildman–Crippen MR) is 60.7 cm³/mol. The van der Waals surface area contributed by atoms with E-state index in [1.807, 2.05) is 0 Å². The molecular weight excluding hydrogens is 230 g/mol. The molecule has 1 atom stereocenters. The molecule has 16 heavy (non-hydrogen) atoms. The Morgan fingerprint density at radius 3 is 2.75 bits per heavy atom. The molecule has 0 aromatic carbocycles. The number of thioether (sulfide) groups is 1. The second kappa shape index (κ2) is 6.42. The van der Waals surface area contributed by atoms with Crippen LogP contribution in [0.1, 0.15) is 13.8 Å². The molecular formula is C10H15NO4S. The molecule has 0 bridgehead atoms. The number of ether oxygens (including phenoxy) is 2. The average molecular weight is 245 g/mol. The fraction of sp³-hybridized carbons (Fsp3) is 0.600. The number of carbonyl (C=O) groups is 2. The minimum absolute atomic E-state index is 0.312. The zero-order chi connectivity index (χ0) is 12.0. The van der Waals surface area contributed by atoms with Crippen LogP contribution in [0, 0.1) is 0 Å². The third kappa shape index (κ3) is 3.44. The second-order valence-electron chi connectivity index (χ2n) is 3.03. The summed E-state index contributed by atoms with van der Waals surface area (Å²) >= 11 is 1.39. The molecule has 0 fully saturated rings. The maximum absolute atomic E-state index is 11.4. The van der Waals surface area contributed by atoms with Crippen molar-refractivity contribution in [2.24, 2.45) is 0 Å². The van der Waals surface area contributed by atoms with Crippen LogP contribution < -0.4 is 5.32 Å². The zero-order valence-corrected chi connectivity index (χ0v) is 10.1. The van der Waals surface area contributed by atoms with E-state index in [0.29, 0.717) is 24.7 Å². The van der Waals surface area contributed by atoms with Gasteiger partial charge in [-0.2, -0.15) is 0 Å². The molecule has 90 valence electrons. The van der Waals surface area contributed by atoms with Gasteiger partial charge in [-0.1, -0.05) is 0 Å². The Morgan fingerprint density at radius 1 is 1.44 bits per heavy atom. The van der Waals surface area contributed by atoms with Crippen LogP contribution in [0.5, 0.6) is 0 Å². The summed E-state index contributed by atoms with van der Waals surface area (Å²) in [7, 11) is 0. The smallest absolute Gasteiger partial charge is 0.354 e. The predicted octanol–water partition coefficient (Wildman–Crippen LogP) is 0.659. The molecule has 0 saturated carbocycles. The van der Waals surface area contributed by atoms with Crippen molar-refractivity contribution in [3.05, 3.63) is 11.1 Å². The maximum Gasteiger partial charge on any atom is 0.354 e. The first kappa shape index (κ1) is 12.9. The molecule has 0 spiro atoms. The van der Waals surface area contributed by atoms with Crippen molar-refractivity contribution >= 4 is 23.7 Å². The molecule has 1 rings (SSSR count). The Labute approximate surface area is 98.6 Å². The van der Waals surface area contributed by atoms with Gasteiger partial charge >= 0.3 is 11.9 Å². The molecule has 1 aliphatic heterocycles. The highest BCUT2D eigenvalue weighted by atomic mass is 32.2. The van der Waals surface area contributed by atoms with Crippen LogP contribution in [0.3, 0.4) is 0 Å². The van der Waals surface area contributed by atoms with Crippen LogP contribution in [0.2, 0.25) is 0 Å².